The Morgan fingerprint density at radius 2 is 2.27 bits per heavy atom. The Balaban J connectivity index is 3.39. The van der Waals surface area contributed by atoms with Gasteiger partial charge in [0.25, 0.3) is 11.6 Å². The predicted octanol–water partition coefficient (Wildman–Crippen LogP) is 1.64. The Morgan fingerprint density at radius 3 is 2.73 bits per heavy atom. The minimum Gasteiger partial charge on any atom is -0.365 e. The number of azide groups is 1. The third-order valence-electron chi connectivity index (χ3n) is 1.60. The molecular weight excluding hydrogens is 202 g/mol. The average Bonchev–Trinajstić information content (AvgIpc) is 2.17. The summed E-state index contributed by atoms with van der Waals surface area (Å²) in [5.74, 6) is -0.908. The minimum absolute atomic E-state index is 0.0502. The van der Waals surface area contributed by atoms with Gasteiger partial charge in [-0.2, -0.15) is 0 Å². The molecule has 0 spiro atoms. The van der Waals surface area contributed by atoms with E-state index < -0.39 is 16.5 Å². The van der Waals surface area contributed by atoms with Crippen molar-refractivity contribution in [1.82, 2.24) is 0 Å². The molecule has 0 aliphatic carbocycles. The smallest absolute Gasteiger partial charge is 0.282 e. The lowest BCUT2D eigenvalue weighted by Gasteiger charge is -1.98. The van der Waals surface area contributed by atoms with Crippen LogP contribution in [-0.2, 0) is 0 Å². The highest BCUT2D eigenvalue weighted by Crippen LogP contribution is 2.24. The van der Waals surface area contributed by atoms with Crippen LogP contribution in [0, 0.1) is 10.1 Å². The molecule has 15 heavy (non-hydrogen) atoms. The number of nitro benzene ring substituents is 1. The summed E-state index contributed by atoms with van der Waals surface area (Å²) >= 11 is 0. The van der Waals surface area contributed by atoms with Crippen LogP contribution in [0.25, 0.3) is 10.4 Å². The van der Waals surface area contributed by atoms with E-state index in [4.69, 9.17) is 11.3 Å². The maximum atomic E-state index is 10.8. The third-order valence-corrected chi connectivity index (χ3v) is 1.60. The van der Waals surface area contributed by atoms with Crippen LogP contribution in [-0.4, -0.2) is 10.8 Å². The van der Waals surface area contributed by atoms with Crippen molar-refractivity contribution in [3.8, 4) is 0 Å². The molecule has 0 radical (unpaired) electrons. The molecule has 0 saturated carbocycles. The van der Waals surface area contributed by atoms with Crippen molar-refractivity contribution in [2.45, 2.75) is 0 Å². The summed E-state index contributed by atoms with van der Waals surface area (Å²) in [4.78, 5) is 23.1. The van der Waals surface area contributed by atoms with Crippen LogP contribution in [0.2, 0.25) is 0 Å². The van der Waals surface area contributed by atoms with E-state index in [9.17, 15) is 14.9 Å². The molecule has 76 valence electrons. The number of nitrogens with zero attached hydrogens (tertiary/aromatic N) is 4. The van der Waals surface area contributed by atoms with Crippen LogP contribution < -0.4 is 5.73 Å². The molecule has 0 atom stereocenters. The number of nitrogens with two attached hydrogens (primary N) is 1. The fraction of sp³-hybridized carbons (Fsp3) is 0. The first-order valence-electron chi connectivity index (χ1n) is 3.69. The van der Waals surface area contributed by atoms with Gasteiger partial charge >= 0.3 is 0 Å². The van der Waals surface area contributed by atoms with Gasteiger partial charge in [0, 0.05) is 16.7 Å². The molecule has 1 aromatic rings. The Labute approximate surface area is 83.1 Å². The molecule has 1 amide bonds. The first-order valence-corrected chi connectivity index (χ1v) is 3.69. The molecule has 0 fully saturated rings. The number of amides is 1. The lowest BCUT2D eigenvalue weighted by molar-refractivity contribution is -0.385. The summed E-state index contributed by atoms with van der Waals surface area (Å²) in [5, 5.41) is 13.7. The van der Waals surface area contributed by atoms with Crippen molar-refractivity contribution in [2.24, 2.45) is 10.8 Å². The zero-order chi connectivity index (χ0) is 11.4. The molecule has 8 heteroatoms. The van der Waals surface area contributed by atoms with Gasteiger partial charge < -0.3 is 5.73 Å². The second kappa shape index (κ2) is 4.07. The van der Waals surface area contributed by atoms with Gasteiger partial charge in [-0.05, 0) is 11.6 Å². The Bertz CT molecular complexity index is 478. The van der Waals surface area contributed by atoms with E-state index in [1.54, 1.807) is 0 Å². The SMILES string of the molecule is [N-]=[N+]=Nc1ccc(C(N)=O)c([N+](=O)[O-])c1. The highest BCUT2D eigenvalue weighted by Gasteiger charge is 2.17. The van der Waals surface area contributed by atoms with Gasteiger partial charge in [-0.15, -0.1) is 0 Å². The molecule has 0 saturated heterocycles. The summed E-state index contributed by atoms with van der Waals surface area (Å²) in [7, 11) is 0. The Morgan fingerprint density at radius 1 is 1.60 bits per heavy atom. The Kier molecular flexibility index (Phi) is 2.85. The minimum atomic E-state index is -0.908. The van der Waals surface area contributed by atoms with Gasteiger partial charge in [-0.1, -0.05) is 11.2 Å². The normalized spacial score (nSPS) is 9.07. The maximum absolute atomic E-state index is 10.8. The lowest BCUT2D eigenvalue weighted by Crippen LogP contribution is -2.13. The van der Waals surface area contributed by atoms with E-state index >= 15 is 0 Å². The highest BCUT2D eigenvalue weighted by atomic mass is 16.6. The fourth-order valence-corrected chi connectivity index (χ4v) is 0.993. The number of primary amides is 1. The highest BCUT2D eigenvalue weighted by molar-refractivity contribution is 5.97. The van der Waals surface area contributed by atoms with Crippen molar-refractivity contribution in [3.05, 3.63) is 44.3 Å². The fourth-order valence-electron chi connectivity index (χ4n) is 0.993. The largest absolute Gasteiger partial charge is 0.365 e. The van der Waals surface area contributed by atoms with Gasteiger partial charge in [-0.25, -0.2) is 0 Å². The quantitative estimate of drug-likeness (QED) is 0.265. The number of nitro groups is 1. The summed E-state index contributed by atoms with van der Waals surface area (Å²) in [5.41, 5.74) is 12.4. The number of benzene rings is 1. The van der Waals surface area contributed by atoms with E-state index in [1.807, 2.05) is 0 Å². The summed E-state index contributed by atoms with van der Waals surface area (Å²) in [6.07, 6.45) is 0. The van der Waals surface area contributed by atoms with Crippen molar-refractivity contribution < 1.29 is 9.72 Å². The van der Waals surface area contributed by atoms with Crippen molar-refractivity contribution >= 4 is 17.3 Å². The lowest BCUT2D eigenvalue weighted by atomic mass is 10.1. The molecule has 0 bridgehead atoms. The first-order chi connectivity index (χ1) is 7.06. The zero-order valence-electron chi connectivity index (χ0n) is 7.32. The van der Waals surface area contributed by atoms with Crippen molar-refractivity contribution in [2.75, 3.05) is 0 Å². The van der Waals surface area contributed by atoms with Crippen LogP contribution in [0.4, 0.5) is 11.4 Å². The van der Waals surface area contributed by atoms with Gasteiger partial charge in [0.05, 0.1) is 4.92 Å². The van der Waals surface area contributed by atoms with Crippen molar-refractivity contribution in [3.63, 3.8) is 0 Å². The van der Waals surface area contributed by atoms with Gasteiger partial charge in [0.2, 0.25) is 0 Å². The number of hydrogen-bond acceptors (Lipinski definition) is 4. The van der Waals surface area contributed by atoms with Gasteiger partial charge in [0.1, 0.15) is 5.56 Å². The first kappa shape index (κ1) is 10.5. The molecule has 1 aromatic carbocycles. The molecule has 0 aliphatic rings. The summed E-state index contributed by atoms with van der Waals surface area (Å²) in [6.45, 7) is 0. The van der Waals surface area contributed by atoms with E-state index in [0.717, 1.165) is 12.1 Å². The molecule has 0 aliphatic heterocycles. The van der Waals surface area contributed by atoms with Crippen LogP contribution in [0.3, 0.4) is 0 Å². The predicted molar refractivity (Wildman–Crippen MR) is 50.4 cm³/mol. The molecule has 1 rings (SSSR count). The van der Waals surface area contributed by atoms with Crippen LogP contribution in [0.15, 0.2) is 23.3 Å². The number of carbonyl (C=O) groups excluding carboxylic acids is 1. The van der Waals surface area contributed by atoms with E-state index in [0.29, 0.717) is 0 Å². The van der Waals surface area contributed by atoms with Crippen LogP contribution >= 0.6 is 0 Å². The number of hydrogen-bond donors (Lipinski definition) is 1. The monoisotopic (exact) mass is 207 g/mol. The van der Waals surface area contributed by atoms with Crippen LogP contribution in [0.5, 0.6) is 0 Å². The second-order valence-corrected chi connectivity index (χ2v) is 2.51. The molecule has 2 N–H and O–H groups in total. The number of carbonyl (C=O) groups is 1. The van der Waals surface area contributed by atoms with Gasteiger partial charge in [0.15, 0.2) is 0 Å². The Hall–Kier alpha value is -2.60. The van der Waals surface area contributed by atoms with E-state index in [2.05, 4.69) is 10.0 Å². The van der Waals surface area contributed by atoms with E-state index in [1.165, 1.54) is 6.07 Å². The molecule has 0 heterocycles. The van der Waals surface area contributed by atoms with E-state index in [-0.39, 0.29) is 11.3 Å². The summed E-state index contributed by atoms with van der Waals surface area (Å²) in [6, 6.07) is 3.40. The number of rotatable bonds is 3. The second-order valence-electron chi connectivity index (χ2n) is 2.51. The zero-order valence-corrected chi connectivity index (χ0v) is 7.32. The molecule has 0 aromatic heterocycles. The van der Waals surface area contributed by atoms with Crippen LogP contribution in [0.1, 0.15) is 10.4 Å². The third kappa shape index (κ3) is 2.20. The van der Waals surface area contributed by atoms with Gasteiger partial charge in [-0.3, -0.25) is 14.9 Å². The molecular formula is C7H5N5O3. The van der Waals surface area contributed by atoms with Crippen molar-refractivity contribution in [1.29, 1.82) is 0 Å². The maximum Gasteiger partial charge on any atom is 0.282 e. The standard InChI is InChI=1S/C7H5N5O3/c8-7(13)5-2-1-4(10-11-9)3-6(5)12(14)15/h1-3H,(H2,8,13). The molecule has 0 unspecified atom stereocenters. The molecule has 8 nitrogen and oxygen atoms in total. The average molecular weight is 207 g/mol. The summed E-state index contributed by atoms with van der Waals surface area (Å²) < 4.78 is 0. The topological polar surface area (TPSA) is 135 Å².